The molecule has 0 aliphatic heterocycles. The van der Waals surface area contributed by atoms with E-state index in [-0.39, 0.29) is 22.9 Å². The first-order valence-corrected chi connectivity index (χ1v) is 5.12. The molecular weight excluding hydrogens is 250 g/mol. The van der Waals surface area contributed by atoms with Crippen LogP contribution >= 0.6 is 0 Å². The third kappa shape index (κ3) is 2.58. The number of ether oxygens (including phenoxy) is 1. The summed E-state index contributed by atoms with van der Waals surface area (Å²) in [5, 5.41) is 29.1. The van der Waals surface area contributed by atoms with E-state index in [4.69, 9.17) is 10.00 Å². The second kappa shape index (κ2) is 5.01. The summed E-state index contributed by atoms with van der Waals surface area (Å²) in [5.74, 6) is -0.406. The van der Waals surface area contributed by atoms with E-state index in [2.05, 4.69) is 4.98 Å². The molecule has 2 rings (SSSR count). The molecule has 0 aliphatic carbocycles. The van der Waals surface area contributed by atoms with Gasteiger partial charge < -0.3 is 9.84 Å². The van der Waals surface area contributed by atoms with Crippen LogP contribution < -0.4 is 4.74 Å². The van der Waals surface area contributed by atoms with Crippen LogP contribution in [0.15, 0.2) is 36.5 Å². The summed E-state index contributed by atoms with van der Waals surface area (Å²) in [6, 6.07) is 8.82. The highest BCUT2D eigenvalue weighted by Crippen LogP contribution is 2.33. The molecule has 1 N–H and O–H groups in total. The molecule has 0 unspecified atom stereocenters. The number of hydrogen-bond donors (Lipinski definition) is 1. The minimum atomic E-state index is -0.705. The molecule has 2 aromatic rings. The largest absolute Gasteiger partial charge is 0.504 e. The summed E-state index contributed by atoms with van der Waals surface area (Å²) >= 11 is 0. The summed E-state index contributed by atoms with van der Waals surface area (Å²) in [6.07, 6.45) is 1.16. The SMILES string of the molecule is N#Cc1cnc(Oc2ccccc2O)c([N+](=O)[O-])c1. The topological polar surface area (TPSA) is 109 Å². The number of pyridine rings is 1. The van der Waals surface area contributed by atoms with E-state index in [1.165, 1.54) is 12.1 Å². The van der Waals surface area contributed by atoms with Crippen LogP contribution in [0.4, 0.5) is 5.69 Å². The number of nitriles is 1. The predicted octanol–water partition coefficient (Wildman–Crippen LogP) is 2.36. The van der Waals surface area contributed by atoms with Crippen LogP contribution in [-0.2, 0) is 0 Å². The normalized spacial score (nSPS) is 9.63. The number of aromatic nitrogens is 1. The van der Waals surface area contributed by atoms with Crippen LogP contribution in [0.2, 0.25) is 0 Å². The monoisotopic (exact) mass is 257 g/mol. The predicted molar refractivity (Wildman–Crippen MR) is 63.8 cm³/mol. The average molecular weight is 257 g/mol. The Morgan fingerprint density at radius 2 is 2.16 bits per heavy atom. The first-order chi connectivity index (χ1) is 9.11. The number of aromatic hydroxyl groups is 1. The molecule has 7 heteroatoms. The van der Waals surface area contributed by atoms with Crippen molar-refractivity contribution in [2.24, 2.45) is 0 Å². The number of hydrogen-bond acceptors (Lipinski definition) is 6. The number of phenolic OH excluding ortho intramolecular Hbond substituents is 1. The molecular formula is C12H7N3O4. The molecule has 0 saturated carbocycles. The molecule has 1 aromatic heterocycles. The molecule has 1 heterocycles. The van der Waals surface area contributed by atoms with Crippen LogP contribution in [-0.4, -0.2) is 15.0 Å². The second-order valence-electron chi connectivity index (χ2n) is 3.49. The Morgan fingerprint density at radius 3 is 2.79 bits per heavy atom. The lowest BCUT2D eigenvalue weighted by molar-refractivity contribution is -0.386. The zero-order valence-corrected chi connectivity index (χ0v) is 9.48. The third-order valence-corrected chi connectivity index (χ3v) is 2.23. The van der Waals surface area contributed by atoms with E-state index in [1.54, 1.807) is 18.2 Å². The van der Waals surface area contributed by atoms with Gasteiger partial charge in [0.15, 0.2) is 11.5 Å². The summed E-state index contributed by atoms with van der Waals surface area (Å²) in [6.45, 7) is 0. The van der Waals surface area contributed by atoms with Crippen molar-refractivity contribution >= 4 is 5.69 Å². The summed E-state index contributed by atoms with van der Waals surface area (Å²) in [5.41, 5.74) is -0.390. The fraction of sp³-hybridized carbons (Fsp3) is 0. The van der Waals surface area contributed by atoms with E-state index >= 15 is 0 Å². The van der Waals surface area contributed by atoms with Crippen molar-refractivity contribution in [3.63, 3.8) is 0 Å². The van der Waals surface area contributed by atoms with Crippen LogP contribution in [0, 0.1) is 21.4 Å². The van der Waals surface area contributed by atoms with Gasteiger partial charge in [-0.15, -0.1) is 0 Å². The zero-order chi connectivity index (χ0) is 13.8. The van der Waals surface area contributed by atoms with Crippen LogP contribution in [0.3, 0.4) is 0 Å². The van der Waals surface area contributed by atoms with Crippen LogP contribution in [0.25, 0.3) is 0 Å². The van der Waals surface area contributed by atoms with Crippen LogP contribution in [0.1, 0.15) is 5.56 Å². The first-order valence-electron chi connectivity index (χ1n) is 5.12. The highest BCUT2D eigenvalue weighted by molar-refractivity contribution is 5.49. The van der Waals surface area contributed by atoms with Gasteiger partial charge in [0, 0.05) is 12.3 Å². The standard InChI is InChI=1S/C12H7N3O4/c13-6-8-5-9(15(17)18)12(14-7-8)19-11-4-2-1-3-10(11)16/h1-5,7,16H. The first kappa shape index (κ1) is 12.3. The van der Waals surface area contributed by atoms with Gasteiger partial charge in [-0.1, -0.05) is 12.1 Å². The van der Waals surface area contributed by atoms with Crippen molar-refractivity contribution in [3.05, 3.63) is 52.2 Å². The van der Waals surface area contributed by atoms with Gasteiger partial charge in [0.25, 0.3) is 5.88 Å². The number of phenols is 1. The number of benzene rings is 1. The van der Waals surface area contributed by atoms with Gasteiger partial charge in [-0.2, -0.15) is 5.26 Å². The van der Waals surface area contributed by atoms with E-state index in [1.807, 2.05) is 0 Å². The highest BCUT2D eigenvalue weighted by atomic mass is 16.6. The highest BCUT2D eigenvalue weighted by Gasteiger charge is 2.19. The average Bonchev–Trinajstić information content (AvgIpc) is 2.41. The van der Waals surface area contributed by atoms with Crippen molar-refractivity contribution < 1.29 is 14.8 Å². The van der Waals surface area contributed by atoms with E-state index in [0.29, 0.717) is 0 Å². The van der Waals surface area contributed by atoms with Gasteiger partial charge in [-0.25, -0.2) is 4.98 Å². The minimum absolute atomic E-state index is 0.0443. The van der Waals surface area contributed by atoms with Crippen molar-refractivity contribution in [2.45, 2.75) is 0 Å². The Hall–Kier alpha value is -3.14. The van der Waals surface area contributed by atoms with Gasteiger partial charge in [-0.05, 0) is 12.1 Å². The van der Waals surface area contributed by atoms with E-state index in [9.17, 15) is 15.2 Å². The molecule has 0 bridgehead atoms. The quantitative estimate of drug-likeness (QED) is 0.667. The molecule has 0 aliphatic rings. The Labute approximate surface area is 107 Å². The lowest BCUT2D eigenvalue weighted by Gasteiger charge is -2.06. The molecule has 94 valence electrons. The van der Waals surface area contributed by atoms with Crippen molar-refractivity contribution in [2.75, 3.05) is 0 Å². The number of rotatable bonds is 3. The molecule has 0 fully saturated rings. The smallest absolute Gasteiger partial charge is 0.332 e. The zero-order valence-electron chi connectivity index (χ0n) is 9.48. The van der Waals surface area contributed by atoms with Crippen LogP contribution in [0.5, 0.6) is 17.4 Å². The molecule has 0 amide bonds. The fourth-order valence-corrected chi connectivity index (χ4v) is 1.36. The summed E-state index contributed by atoms with van der Waals surface area (Å²) in [4.78, 5) is 13.9. The number of para-hydroxylation sites is 2. The fourth-order valence-electron chi connectivity index (χ4n) is 1.36. The summed E-state index contributed by atoms with van der Waals surface area (Å²) < 4.78 is 5.19. The number of nitrogens with zero attached hydrogens (tertiary/aromatic N) is 3. The molecule has 0 atom stereocenters. The lowest BCUT2D eigenvalue weighted by Crippen LogP contribution is -1.97. The molecule has 0 saturated heterocycles. The maximum atomic E-state index is 10.9. The Balaban J connectivity index is 2.43. The van der Waals surface area contributed by atoms with Gasteiger partial charge in [0.1, 0.15) is 6.07 Å². The van der Waals surface area contributed by atoms with Crippen molar-refractivity contribution in [3.8, 4) is 23.4 Å². The van der Waals surface area contributed by atoms with E-state index in [0.717, 1.165) is 12.3 Å². The Kier molecular flexibility index (Phi) is 3.25. The maximum Gasteiger partial charge on any atom is 0.332 e. The minimum Gasteiger partial charge on any atom is -0.504 e. The molecule has 0 spiro atoms. The molecule has 7 nitrogen and oxygen atoms in total. The summed E-state index contributed by atoms with van der Waals surface area (Å²) in [7, 11) is 0. The third-order valence-electron chi connectivity index (χ3n) is 2.23. The lowest BCUT2D eigenvalue weighted by atomic mass is 10.3. The van der Waals surface area contributed by atoms with Gasteiger partial charge >= 0.3 is 5.69 Å². The van der Waals surface area contributed by atoms with Gasteiger partial charge in [0.05, 0.1) is 10.5 Å². The van der Waals surface area contributed by atoms with Gasteiger partial charge in [0.2, 0.25) is 0 Å². The molecule has 19 heavy (non-hydrogen) atoms. The second-order valence-corrected chi connectivity index (χ2v) is 3.49. The van der Waals surface area contributed by atoms with Gasteiger partial charge in [-0.3, -0.25) is 10.1 Å². The van der Waals surface area contributed by atoms with E-state index < -0.39 is 10.6 Å². The van der Waals surface area contributed by atoms with Crippen molar-refractivity contribution in [1.82, 2.24) is 4.98 Å². The number of nitro groups is 1. The maximum absolute atomic E-state index is 10.9. The Morgan fingerprint density at radius 1 is 1.42 bits per heavy atom. The Bertz CT molecular complexity index is 679. The molecule has 0 radical (unpaired) electrons. The van der Waals surface area contributed by atoms with Crippen molar-refractivity contribution in [1.29, 1.82) is 5.26 Å². The molecule has 1 aromatic carbocycles.